The molecule has 1 fully saturated rings. The van der Waals surface area contributed by atoms with Gasteiger partial charge in [0.25, 0.3) is 0 Å². The fourth-order valence-electron chi connectivity index (χ4n) is 2.09. The second kappa shape index (κ2) is 6.77. The molecule has 1 N–H and O–H groups in total. The molecule has 1 unspecified atom stereocenters. The quantitative estimate of drug-likeness (QED) is 0.680. The molecular formula is C12H25NOS. The van der Waals surface area contributed by atoms with Crippen molar-refractivity contribution in [2.24, 2.45) is 5.41 Å². The van der Waals surface area contributed by atoms with Crippen molar-refractivity contribution in [2.45, 2.75) is 39.2 Å². The summed E-state index contributed by atoms with van der Waals surface area (Å²) in [6.45, 7) is 7.47. The molecule has 15 heavy (non-hydrogen) atoms. The van der Waals surface area contributed by atoms with Gasteiger partial charge in [-0.15, -0.1) is 0 Å². The van der Waals surface area contributed by atoms with Crippen LogP contribution in [-0.4, -0.2) is 37.8 Å². The van der Waals surface area contributed by atoms with Crippen LogP contribution < -0.4 is 5.32 Å². The average Bonchev–Trinajstić information content (AvgIpc) is 2.65. The van der Waals surface area contributed by atoms with Gasteiger partial charge in [-0.05, 0) is 31.3 Å². The maximum Gasteiger partial charge on any atom is 0.0535 e. The zero-order valence-corrected chi connectivity index (χ0v) is 11.2. The lowest BCUT2D eigenvalue weighted by molar-refractivity contribution is 0.142. The van der Waals surface area contributed by atoms with E-state index in [9.17, 15) is 0 Å². The number of hydrogen-bond acceptors (Lipinski definition) is 3. The highest BCUT2D eigenvalue weighted by molar-refractivity contribution is 7.98. The van der Waals surface area contributed by atoms with Gasteiger partial charge in [-0.3, -0.25) is 0 Å². The second-order valence-corrected chi connectivity index (χ2v) is 5.92. The zero-order valence-electron chi connectivity index (χ0n) is 10.3. The van der Waals surface area contributed by atoms with Gasteiger partial charge in [0.15, 0.2) is 0 Å². The third kappa shape index (κ3) is 4.75. The maximum absolute atomic E-state index is 5.58. The molecule has 0 aromatic heterocycles. The van der Waals surface area contributed by atoms with Gasteiger partial charge >= 0.3 is 0 Å². The van der Waals surface area contributed by atoms with E-state index in [1.165, 1.54) is 25.0 Å². The van der Waals surface area contributed by atoms with E-state index in [2.05, 4.69) is 25.4 Å². The fourth-order valence-corrected chi connectivity index (χ4v) is 2.52. The largest absolute Gasteiger partial charge is 0.381 e. The van der Waals surface area contributed by atoms with E-state index in [0.29, 0.717) is 11.5 Å². The van der Waals surface area contributed by atoms with Gasteiger partial charge in [-0.2, -0.15) is 11.8 Å². The summed E-state index contributed by atoms with van der Waals surface area (Å²) < 4.78 is 5.58. The zero-order chi connectivity index (χ0) is 11.1. The first-order valence-corrected chi connectivity index (χ1v) is 7.38. The molecule has 1 atom stereocenters. The van der Waals surface area contributed by atoms with Crippen LogP contribution in [-0.2, 0) is 4.74 Å². The SMILES string of the molecule is CSCCCC1(CNC(C)C)CCOC1. The first kappa shape index (κ1) is 13.3. The summed E-state index contributed by atoms with van der Waals surface area (Å²) in [5.74, 6) is 1.28. The van der Waals surface area contributed by atoms with E-state index in [0.717, 1.165) is 19.8 Å². The molecule has 1 aliphatic heterocycles. The number of ether oxygens (including phenoxy) is 1. The molecule has 0 spiro atoms. The van der Waals surface area contributed by atoms with Gasteiger partial charge in [0.05, 0.1) is 6.61 Å². The molecule has 90 valence electrons. The van der Waals surface area contributed by atoms with Crippen molar-refractivity contribution in [1.82, 2.24) is 5.32 Å². The molecule has 0 amide bonds. The van der Waals surface area contributed by atoms with E-state index in [1.807, 2.05) is 11.8 Å². The summed E-state index contributed by atoms with van der Waals surface area (Å²) in [5, 5.41) is 3.57. The first-order valence-electron chi connectivity index (χ1n) is 5.99. The summed E-state index contributed by atoms with van der Waals surface area (Å²) in [6.07, 6.45) is 6.06. The van der Waals surface area contributed by atoms with Crippen LogP contribution in [0.5, 0.6) is 0 Å². The smallest absolute Gasteiger partial charge is 0.0535 e. The highest BCUT2D eigenvalue weighted by Gasteiger charge is 2.33. The molecule has 0 radical (unpaired) electrons. The molecular weight excluding hydrogens is 206 g/mol. The van der Waals surface area contributed by atoms with E-state index < -0.39 is 0 Å². The summed E-state index contributed by atoms with van der Waals surface area (Å²) in [7, 11) is 0. The van der Waals surface area contributed by atoms with Crippen molar-refractivity contribution < 1.29 is 4.74 Å². The molecule has 1 aliphatic rings. The Hall–Kier alpha value is 0.270. The molecule has 0 aromatic rings. The van der Waals surface area contributed by atoms with Gasteiger partial charge in [0, 0.05) is 24.6 Å². The summed E-state index contributed by atoms with van der Waals surface area (Å²) in [6, 6.07) is 0.586. The van der Waals surface area contributed by atoms with E-state index in [-0.39, 0.29) is 0 Å². The molecule has 1 saturated heterocycles. The Bertz CT molecular complexity index is 167. The first-order chi connectivity index (χ1) is 7.18. The third-order valence-corrected chi connectivity index (χ3v) is 3.82. The van der Waals surface area contributed by atoms with Crippen LogP contribution in [0.1, 0.15) is 33.1 Å². The molecule has 1 heterocycles. The summed E-state index contributed by atoms with van der Waals surface area (Å²) in [5.41, 5.74) is 0.431. The molecule has 0 aliphatic carbocycles. The van der Waals surface area contributed by atoms with Gasteiger partial charge in [0.2, 0.25) is 0 Å². The van der Waals surface area contributed by atoms with Crippen molar-refractivity contribution in [2.75, 3.05) is 31.8 Å². The lowest BCUT2D eigenvalue weighted by Crippen LogP contribution is -2.38. The molecule has 0 bridgehead atoms. The Labute approximate surface area is 98.5 Å². The molecule has 2 nitrogen and oxygen atoms in total. The number of thioether (sulfide) groups is 1. The van der Waals surface area contributed by atoms with Crippen LogP contribution in [0.2, 0.25) is 0 Å². The lowest BCUT2D eigenvalue weighted by Gasteiger charge is -2.28. The highest BCUT2D eigenvalue weighted by Crippen LogP contribution is 2.33. The Kier molecular flexibility index (Phi) is 6.02. The predicted octanol–water partition coefficient (Wildman–Crippen LogP) is 2.53. The van der Waals surface area contributed by atoms with Crippen LogP contribution in [0.3, 0.4) is 0 Å². The van der Waals surface area contributed by atoms with Gasteiger partial charge in [0.1, 0.15) is 0 Å². The van der Waals surface area contributed by atoms with Crippen molar-refractivity contribution in [1.29, 1.82) is 0 Å². The minimum Gasteiger partial charge on any atom is -0.381 e. The Balaban J connectivity index is 2.32. The molecule has 0 aromatic carbocycles. The number of nitrogens with one attached hydrogen (secondary N) is 1. The van der Waals surface area contributed by atoms with Gasteiger partial charge in [-0.1, -0.05) is 13.8 Å². The Morgan fingerprint density at radius 2 is 2.27 bits per heavy atom. The van der Waals surface area contributed by atoms with Crippen molar-refractivity contribution in [3.8, 4) is 0 Å². The minimum atomic E-state index is 0.431. The van der Waals surface area contributed by atoms with E-state index in [4.69, 9.17) is 4.74 Å². The van der Waals surface area contributed by atoms with Crippen molar-refractivity contribution in [3.05, 3.63) is 0 Å². The highest BCUT2D eigenvalue weighted by atomic mass is 32.2. The number of rotatable bonds is 7. The summed E-state index contributed by atoms with van der Waals surface area (Å²) in [4.78, 5) is 0. The summed E-state index contributed by atoms with van der Waals surface area (Å²) >= 11 is 1.95. The monoisotopic (exact) mass is 231 g/mol. The van der Waals surface area contributed by atoms with E-state index >= 15 is 0 Å². The predicted molar refractivity (Wildman–Crippen MR) is 68.6 cm³/mol. The Morgan fingerprint density at radius 3 is 2.80 bits per heavy atom. The standard InChI is InChI=1S/C12H25NOS/c1-11(2)13-9-12(5-4-8-15-3)6-7-14-10-12/h11,13H,4-10H2,1-3H3. The van der Waals surface area contributed by atoms with Gasteiger partial charge in [-0.25, -0.2) is 0 Å². The van der Waals surface area contributed by atoms with Crippen molar-refractivity contribution in [3.63, 3.8) is 0 Å². The van der Waals surface area contributed by atoms with Crippen molar-refractivity contribution >= 4 is 11.8 Å². The third-order valence-electron chi connectivity index (χ3n) is 3.13. The van der Waals surface area contributed by atoms with Gasteiger partial charge < -0.3 is 10.1 Å². The Morgan fingerprint density at radius 1 is 1.47 bits per heavy atom. The van der Waals surface area contributed by atoms with Crippen LogP contribution in [0.25, 0.3) is 0 Å². The van der Waals surface area contributed by atoms with Crippen LogP contribution in [0, 0.1) is 5.41 Å². The van der Waals surface area contributed by atoms with E-state index in [1.54, 1.807) is 0 Å². The average molecular weight is 231 g/mol. The normalized spacial score (nSPS) is 26.4. The second-order valence-electron chi connectivity index (χ2n) is 4.93. The maximum atomic E-state index is 5.58. The fraction of sp³-hybridized carbons (Fsp3) is 1.00. The van der Waals surface area contributed by atoms with Crippen LogP contribution >= 0.6 is 11.8 Å². The molecule has 0 saturated carbocycles. The molecule has 1 rings (SSSR count). The van der Waals surface area contributed by atoms with Crippen LogP contribution in [0.4, 0.5) is 0 Å². The van der Waals surface area contributed by atoms with Crippen LogP contribution in [0.15, 0.2) is 0 Å². The topological polar surface area (TPSA) is 21.3 Å². The molecule has 3 heteroatoms. The lowest BCUT2D eigenvalue weighted by atomic mass is 9.82. The number of hydrogen-bond donors (Lipinski definition) is 1. The minimum absolute atomic E-state index is 0.431.